The molecule has 1 N–H and O–H groups in total. The molecule has 5 fully saturated rings. The Morgan fingerprint density at radius 2 is 1.68 bits per heavy atom. The topological polar surface area (TPSA) is 85.7 Å². The fourth-order valence-corrected chi connectivity index (χ4v) is 13.9. The van der Waals surface area contributed by atoms with Crippen molar-refractivity contribution in [1.29, 1.82) is 0 Å². The molecule has 0 radical (unpaired) electrons. The molecule has 0 unspecified atom stereocenters. The third kappa shape index (κ3) is 6.30. The molecule has 0 spiro atoms. The highest BCUT2D eigenvalue weighted by Gasteiger charge is 2.71. The van der Waals surface area contributed by atoms with Crippen LogP contribution in [0.1, 0.15) is 145 Å². The van der Waals surface area contributed by atoms with E-state index >= 15 is 0 Å². The standard InChI is InChI=1S/C44H67NO5/c1-29(2)31-15-20-44(23-25-49-28-30-12-10-11-24-45-30)22-21-42(8)32(38(31)44)13-14-34-41(7)18-17-35(40(5,6)33(41)16-19-43(34,42)9)50-37(48)27-39(3,4)26-36(46)47/h10-12,24,31-35,38H,1,13-23,25-28H2,2-9H3,(H,46,47)/t31-,32+,33-,34+,35-,38+,41-,42+,43+,44+/m0/s1. The van der Waals surface area contributed by atoms with Gasteiger partial charge < -0.3 is 14.6 Å². The van der Waals surface area contributed by atoms with Crippen LogP contribution < -0.4 is 0 Å². The highest BCUT2D eigenvalue weighted by atomic mass is 16.5. The number of esters is 1. The van der Waals surface area contributed by atoms with Gasteiger partial charge in [0.15, 0.2) is 0 Å². The van der Waals surface area contributed by atoms with E-state index in [1.165, 1.54) is 56.9 Å². The summed E-state index contributed by atoms with van der Waals surface area (Å²) >= 11 is 0. The number of carboxylic acid groups (broad SMARTS) is 1. The zero-order chi connectivity index (χ0) is 36.3. The Morgan fingerprint density at radius 3 is 2.36 bits per heavy atom. The fourth-order valence-electron chi connectivity index (χ4n) is 13.9. The number of rotatable bonds is 11. The number of carbonyl (C=O) groups is 2. The molecule has 10 atom stereocenters. The summed E-state index contributed by atoms with van der Waals surface area (Å²) in [5.74, 6) is 2.01. The van der Waals surface area contributed by atoms with Crippen molar-refractivity contribution >= 4 is 11.9 Å². The Morgan fingerprint density at radius 1 is 0.920 bits per heavy atom. The molecule has 0 bridgehead atoms. The minimum absolute atomic E-state index is 0.0360. The molecule has 6 nitrogen and oxygen atoms in total. The molecule has 6 heteroatoms. The van der Waals surface area contributed by atoms with E-state index in [4.69, 9.17) is 9.47 Å². The lowest BCUT2D eigenvalue weighted by atomic mass is 9.32. The van der Waals surface area contributed by atoms with Gasteiger partial charge in [0.2, 0.25) is 0 Å². The van der Waals surface area contributed by atoms with Crippen molar-refractivity contribution in [1.82, 2.24) is 4.98 Å². The summed E-state index contributed by atoms with van der Waals surface area (Å²) in [5.41, 5.74) is 2.74. The Hall–Kier alpha value is -2.21. The molecular formula is C44H67NO5. The minimum Gasteiger partial charge on any atom is -0.481 e. The molecule has 50 heavy (non-hydrogen) atoms. The van der Waals surface area contributed by atoms with Crippen molar-refractivity contribution in [3.05, 3.63) is 42.2 Å². The van der Waals surface area contributed by atoms with Gasteiger partial charge >= 0.3 is 11.9 Å². The van der Waals surface area contributed by atoms with Gasteiger partial charge in [-0.25, -0.2) is 0 Å². The Bertz CT molecular complexity index is 1440. The van der Waals surface area contributed by atoms with E-state index in [2.05, 4.69) is 59.2 Å². The number of ether oxygens (including phenoxy) is 2. The van der Waals surface area contributed by atoms with Crippen molar-refractivity contribution in [3.8, 4) is 0 Å². The monoisotopic (exact) mass is 690 g/mol. The first-order valence-electron chi connectivity index (χ1n) is 19.9. The number of aliphatic carboxylic acids is 1. The number of nitrogens with zero attached hydrogens (tertiary/aromatic N) is 1. The van der Waals surface area contributed by atoms with E-state index in [1.54, 1.807) is 0 Å². The van der Waals surface area contributed by atoms with Crippen molar-refractivity contribution in [2.45, 2.75) is 152 Å². The first kappa shape index (κ1) is 37.5. The van der Waals surface area contributed by atoms with Crippen LogP contribution >= 0.6 is 0 Å². The summed E-state index contributed by atoms with van der Waals surface area (Å²) in [6.45, 7) is 24.7. The lowest BCUT2D eigenvalue weighted by Gasteiger charge is -2.73. The number of carbonyl (C=O) groups excluding carboxylic acids is 1. The predicted octanol–water partition coefficient (Wildman–Crippen LogP) is 10.4. The zero-order valence-corrected chi connectivity index (χ0v) is 32.6. The Kier molecular flexibility index (Phi) is 10.0. The van der Waals surface area contributed by atoms with Crippen LogP contribution in [0.15, 0.2) is 36.5 Å². The fraction of sp³-hybridized carbons (Fsp3) is 0.795. The van der Waals surface area contributed by atoms with Crippen LogP contribution in [0.4, 0.5) is 0 Å². The van der Waals surface area contributed by atoms with Gasteiger partial charge in [-0.3, -0.25) is 14.6 Å². The van der Waals surface area contributed by atoms with Crippen molar-refractivity contribution in [2.24, 2.45) is 62.1 Å². The highest BCUT2D eigenvalue weighted by molar-refractivity contribution is 5.73. The third-order valence-electron chi connectivity index (χ3n) is 16.4. The van der Waals surface area contributed by atoms with Crippen molar-refractivity contribution in [3.63, 3.8) is 0 Å². The molecule has 5 aliphatic carbocycles. The molecule has 1 heterocycles. The number of fused-ring (bicyclic) bond motifs is 7. The number of allylic oxidation sites excluding steroid dienone is 1. The second kappa shape index (κ2) is 13.3. The van der Waals surface area contributed by atoms with Crippen LogP contribution in [0.2, 0.25) is 0 Å². The molecule has 0 aromatic carbocycles. The van der Waals surface area contributed by atoms with Gasteiger partial charge in [0, 0.05) is 18.2 Å². The van der Waals surface area contributed by atoms with Gasteiger partial charge in [-0.05, 0) is 146 Å². The first-order valence-corrected chi connectivity index (χ1v) is 19.9. The van der Waals surface area contributed by atoms with Crippen LogP contribution in [0.3, 0.4) is 0 Å². The molecule has 0 saturated heterocycles. The zero-order valence-electron chi connectivity index (χ0n) is 32.6. The second-order valence-corrected chi connectivity index (χ2v) is 19.9. The van der Waals surface area contributed by atoms with Crippen LogP contribution in [0.5, 0.6) is 0 Å². The minimum atomic E-state index is -0.873. The summed E-state index contributed by atoms with van der Waals surface area (Å²) in [7, 11) is 0. The summed E-state index contributed by atoms with van der Waals surface area (Å²) in [5, 5.41) is 9.34. The van der Waals surface area contributed by atoms with Crippen LogP contribution in [0.25, 0.3) is 0 Å². The highest BCUT2D eigenvalue weighted by Crippen LogP contribution is 2.78. The van der Waals surface area contributed by atoms with E-state index in [1.807, 2.05) is 32.2 Å². The lowest BCUT2D eigenvalue weighted by molar-refractivity contribution is -0.251. The van der Waals surface area contributed by atoms with E-state index in [0.29, 0.717) is 41.6 Å². The number of pyridine rings is 1. The second-order valence-electron chi connectivity index (χ2n) is 19.9. The van der Waals surface area contributed by atoms with Crippen LogP contribution in [0, 0.1) is 62.1 Å². The average Bonchev–Trinajstić information content (AvgIpc) is 3.41. The normalized spacial score (nSPS) is 40.5. The Labute approximate surface area is 303 Å². The van der Waals surface area contributed by atoms with Crippen LogP contribution in [-0.2, 0) is 25.7 Å². The van der Waals surface area contributed by atoms with E-state index in [0.717, 1.165) is 31.6 Å². The van der Waals surface area contributed by atoms with E-state index in [-0.39, 0.29) is 46.6 Å². The maximum absolute atomic E-state index is 13.2. The van der Waals surface area contributed by atoms with Gasteiger partial charge in [0.05, 0.1) is 25.1 Å². The lowest BCUT2D eigenvalue weighted by Crippen LogP contribution is -2.66. The third-order valence-corrected chi connectivity index (χ3v) is 16.4. The molecule has 1 aromatic heterocycles. The molecule has 5 saturated carbocycles. The molecule has 6 rings (SSSR count). The van der Waals surface area contributed by atoms with Gasteiger partial charge in [0.25, 0.3) is 0 Å². The number of hydrogen-bond acceptors (Lipinski definition) is 5. The maximum atomic E-state index is 13.2. The maximum Gasteiger partial charge on any atom is 0.306 e. The van der Waals surface area contributed by atoms with E-state index in [9.17, 15) is 14.7 Å². The number of aromatic nitrogens is 1. The average molecular weight is 690 g/mol. The predicted molar refractivity (Wildman–Crippen MR) is 198 cm³/mol. The van der Waals surface area contributed by atoms with Crippen molar-refractivity contribution < 1.29 is 24.2 Å². The van der Waals surface area contributed by atoms with Gasteiger partial charge in [-0.2, -0.15) is 0 Å². The quantitative estimate of drug-likeness (QED) is 0.141. The smallest absolute Gasteiger partial charge is 0.306 e. The first-order chi connectivity index (χ1) is 23.4. The molecule has 278 valence electrons. The SMILES string of the molecule is C=C(C)[C@@H]1CC[C@]2(CCOCc3ccccn3)CC[C@]3(C)[C@H](CC[C@@H]4[C@@]5(C)CC[C@H](OC(=O)CC(C)(C)CC(=O)O)C(C)(C)[C@@H]5CC[C@]43C)[C@@H]12. The summed E-state index contributed by atoms with van der Waals surface area (Å²) < 4.78 is 12.6. The summed E-state index contributed by atoms with van der Waals surface area (Å²) in [6.07, 6.45) is 15.1. The van der Waals surface area contributed by atoms with Crippen molar-refractivity contribution in [2.75, 3.05) is 6.61 Å². The van der Waals surface area contributed by atoms with E-state index < -0.39 is 11.4 Å². The summed E-state index contributed by atoms with van der Waals surface area (Å²) in [4.78, 5) is 29.1. The van der Waals surface area contributed by atoms with Gasteiger partial charge in [-0.1, -0.05) is 66.7 Å². The number of hydrogen-bond donors (Lipinski definition) is 1. The summed E-state index contributed by atoms with van der Waals surface area (Å²) in [6, 6.07) is 6.06. The largest absolute Gasteiger partial charge is 0.481 e. The van der Waals surface area contributed by atoms with Crippen LogP contribution in [-0.4, -0.2) is 34.7 Å². The Balaban J connectivity index is 1.20. The molecule has 0 amide bonds. The molecule has 1 aromatic rings. The molecular weight excluding hydrogens is 622 g/mol. The molecule has 0 aliphatic heterocycles. The van der Waals surface area contributed by atoms with Gasteiger partial charge in [0.1, 0.15) is 6.10 Å². The number of carboxylic acids is 1. The molecule has 5 aliphatic rings. The van der Waals surface area contributed by atoms with Gasteiger partial charge in [-0.15, -0.1) is 0 Å².